The molecule has 0 fully saturated rings. The number of hydrogen-bond donors (Lipinski definition) is 1. The third-order valence-electron chi connectivity index (χ3n) is 4.90. The molecule has 7 heteroatoms. The molecule has 0 saturated heterocycles. The van der Waals surface area contributed by atoms with Crippen LogP contribution >= 0.6 is 0 Å². The molecule has 2 heterocycles. The van der Waals surface area contributed by atoms with E-state index < -0.39 is 0 Å². The normalized spacial score (nSPS) is 11.1. The molecule has 0 aliphatic carbocycles. The highest BCUT2D eigenvalue weighted by Gasteiger charge is 2.14. The first-order valence-corrected chi connectivity index (χ1v) is 9.40. The zero-order chi connectivity index (χ0) is 20.5. The van der Waals surface area contributed by atoms with E-state index in [0.29, 0.717) is 34.7 Å². The number of rotatable bonds is 5. The monoisotopic (exact) mass is 397 g/mol. The van der Waals surface area contributed by atoms with Gasteiger partial charge < -0.3 is 5.32 Å². The van der Waals surface area contributed by atoms with Crippen molar-refractivity contribution in [3.05, 3.63) is 102 Å². The first kappa shape index (κ1) is 17.9. The van der Waals surface area contributed by atoms with Crippen molar-refractivity contribution in [3.8, 4) is 0 Å². The Morgan fingerprint density at radius 2 is 1.77 bits per heavy atom. The molecule has 3 aromatic carbocycles. The lowest BCUT2D eigenvalue weighted by molar-refractivity contribution is 0.103. The molecule has 0 saturated carbocycles. The Morgan fingerprint density at radius 1 is 0.967 bits per heavy atom. The number of fused-ring (bicyclic) bond motifs is 3. The average Bonchev–Trinajstić information content (AvgIpc) is 3.29. The Bertz CT molecular complexity index is 1360. The third kappa shape index (κ3) is 3.26. The summed E-state index contributed by atoms with van der Waals surface area (Å²) in [5, 5.41) is 11.4. The van der Waals surface area contributed by atoms with Gasteiger partial charge in [0.15, 0.2) is 11.6 Å². The van der Waals surface area contributed by atoms with Gasteiger partial charge >= 0.3 is 0 Å². The van der Waals surface area contributed by atoms with Gasteiger partial charge in [0, 0.05) is 17.7 Å². The van der Waals surface area contributed by atoms with Crippen LogP contribution in [0.5, 0.6) is 0 Å². The summed E-state index contributed by atoms with van der Waals surface area (Å²) in [5.74, 6) is 0.229. The van der Waals surface area contributed by atoms with E-state index in [1.54, 1.807) is 47.1 Å². The van der Waals surface area contributed by atoms with Gasteiger partial charge in [-0.05, 0) is 35.9 Å². The fourth-order valence-corrected chi connectivity index (χ4v) is 3.36. The van der Waals surface area contributed by atoms with Gasteiger partial charge in [-0.2, -0.15) is 0 Å². The number of nitrogens with zero attached hydrogens (tertiary/aromatic N) is 4. The van der Waals surface area contributed by atoms with Crippen LogP contribution in [0.25, 0.3) is 16.7 Å². The van der Waals surface area contributed by atoms with Crippen LogP contribution in [-0.4, -0.2) is 25.4 Å². The number of ketones is 1. The molecule has 2 aromatic heterocycles. The number of carbonyl (C=O) groups is 1. The van der Waals surface area contributed by atoms with E-state index in [-0.39, 0.29) is 11.6 Å². The van der Waals surface area contributed by atoms with Gasteiger partial charge in [0.05, 0.1) is 11.0 Å². The minimum atomic E-state index is -0.275. The van der Waals surface area contributed by atoms with Crippen LogP contribution in [-0.2, 0) is 6.54 Å². The van der Waals surface area contributed by atoms with E-state index in [1.165, 1.54) is 12.1 Å². The second kappa shape index (κ2) is 7.36. The predicted molar refractivity (Wildman–Crippen MR) is 112 cm³/mol. The van der Waals surface area contributed by atoms with Gasteiger partial charge in [-0.15, -0.1) is 10.2 Å². The summed E-state index contributed by atoms with van der Waals surface area (Å²) in [4.78, 5) is 17.5. The van der Waals surface area contributed by atoms with E-state index in [9.17, 15) is 9.18 Å². The van der Waals surface area contributed by atoms with Crippen LogP contribution < -0.4 is 5.32 Å². The lowest BCUT2D eigenvalue weighted by atomic mass is 10.0. The van der Waals surface area contributed by atoms with Gasteiger partial charge in [-0.25, -0.2) is 9.37 Å². The smallest absolute Gasteiger partial charge is 0.203 e. The Kier molecular flexibility index (Phi) is 4.40. The topological polar surface area (TPSA) is 72.2 Å². The molecule has 0 unspecified atom stereocenters. The van der Waals surface area contributed by atoms with Gasteiger partial charge in [-0.1, -0.05) is 42.5 Å². The SMILES string of the molecule is O=C(c1ccccc1)c1ccc2nc(NCc3ccc(F)cc3)c3nncn3c2c1. The molecule has 0 aliphatic rings. The lowest BCUT2D eigenvalue weighted by Gasteiger charge is -2.10. The Morgan fingerprint density at radius 3 is 2.57 bits per heavy atom. The summed E-state index contributed by atoms with van der Waals surface area (Å²) in [6.07, 6.45) is 1.60. The molecule has 0 radical (unpaired) electrons. The molecule has 146 valence electrons. The Labute approximate surface area is 171 Å². The lowest BCUT2D eigenvalue weighted by Crippen LogP contribution is -2.06. The van der Waals surface area contributed by atoms with E-state index >= 15 is 0 Å². The Balaban J connectivity index is 1.52. The summed E-state index contributed by atoms with van der Waals surface area (Å²) in [6.45, 7) is 0.464. The van der Waals surface area contributed by atoms with Gasteiger partial charge in [0.2, 0.25) is 5.65 Å². The molecule has 0 amide bonds. The van der Waals surface area contributed by atoms with Gasteiger partial charge in [-0.3, -0.25) is 9.20 Å². The number of hydrogen-bond acceptors (Lipinski definition) is 5. The fourth-order valence-electron chi connectivity index (χ4n) is 3.36. The van der Waals surface area contributed by atoms with Crippen molar-refractivity contribution in [2.75, 3.05) is 5.32 Å². The predicted octanol–water partition coefficient (Wildman–Crippen LogP) is 4.26. The van der Waals surface area contributed by atoms with Crippen LogP contribution in [0.1, 0.15) is 21.5 Å². The number of benzene rings is 3. The maximum absolute atomic E-state index is 13.1. The van der Waals surface area contributed by atoms with Crippen LogP contribution in [0, 0.1) is 5.82 Å². The second-order valence-corrected chi connectivity index (χ2v) is 6.86. The fraction of sp³-hybridized carbons (Fsp3) is 0.0435. The molecule has 5 rings (SSSR count). The Hall–Kier alpha value is -4.13. The van der Waals surface area contributed by atoms with Crippen molar-refractivity contribution in [2.45, 2.75) is 6.54 Å². The molecular weight excluding hydrogens is 381 g/mol. The van der Waals surface area contributed by atoms with E-state index in [2.05, 4.69) is 20.5 Å². The molecule has 0 atom stereocenters. The van der Waals surface area contributed by atoms with Crippen molar-refractivity contribution in [2.24, 2.45) is 0 Å². The highest BCUT2D eigenvalue weighted by molar-refractivity contribution is 6.10. The van der Waals surface area contributed by atoms with Crippen molar-refractivity contribution < 1.29 is 9.18 Å². The molecule has 5 aromatic rings. The third-order valence-corrected chi connectivity index (χ3v) is 4.90. The molecule has 30 heavy (non-hydrogen) atoms. The summed E-state index contributed by atoms with van der Waals surface area (Å²) < 4.78 is 14.9. The quantitative estimate of drug-likeness (QED) is 0.449. The number of nitrogens with one attached hydrogen (secondary N) is 1. The highest BCUT2D eigenvalue weighted by Crippen LogP contribution is 2.23. The summed E-state index contributed by atoms with van der Waals surface area (Å²) in [6, 6.07) is 20.8. The summed E-state index contributed by atoms with van der Waals surface area (Å²) in [7, 11) is 0. The highest BCUT2D eigenvalue weighted by atomic mass is 19.1. The first-order valence-electron chi connectivity index (χ1n) is 9.40. The number of halogens is 1. The van der Waals surface area contributed by atoms with Crippen LogP contribution in [0.3, 0.4) is 0 Å². The van der Waals surface area contributed by atoms with Crippen molar-refractivity contribution >= 4 is 28.3 Å². The molecule has 6 nitrogen and oxygen atoms in total. The minimum Gasteiger partial charge on any atom is -0.363 e. The zero-order valence-electron chi connectivity index (χ0n) is 15.8. The summed E-state index contributed by atoms with van der Waals surface area (Å²) in [5.41, 5.74) is 4.10. The maximum atomic E-state index is 13.1. The number of carbonyl (C=O) groups excluding carboxylic acids is 1. The number of aromatic nitrogens is 4. The van der Waals surface area contributed by atoms with E-state index in [4.69, 9.17) is 0 Å². The zero-order valence-corrected chi connectivity index (χ0v) is 15.8. The second-order valence-electron chi connectivity index (χ2n) is 6.86. The molecule has 0 spiro atoms. The van der Waals surface area contributed by atoms with Crippen molar-refractivity contribution in [1.29, 1.82) is 0 Å². The van der Waals surface area contributed by atoms with E-state index in [1.807, 2.05) is 24.3 Å². The largest absolute Gasteiger partial charge is 0.363 e. The van der Waals surface area contributed by atoms with Crippen molar-refractivity contribution in [1.82, 2.24) is 19.6 Å². The van der Waals surface area contributed by atoms with Crippen LogP contribution in [0.15, 0.2) is 79.1 Å². The molecular formula is C23H16FN5O. The molecule has 1 N–H and O–H groups in total. The molecule has 0 aliphatic heterocycles. The van der Waals surface area contributed by atoms with Gasteiger partial charge in [0.1, 0.15) is 12.1 Å². The molecule has 0 bridgehead atoms. The first-order chi connectivity index (χ1) is 14.7. The maximum Gasteiger partial charge on any atom is 0.203 e. The minimum absolute atomic E-state index is 0.0581. The average molecular weight is 397 g/mol. The summed E-state index contributed by atoms with van der Waals surface area (Å²) >= 11 is 0. The number of anilines is 1. The van der Waals surface area contributed by atoms with E-state index in [0.717, 1.165) is 11.1 Å². The van der Waals surface area contributed by atoms with Crippen LogP contribution in [0.4, 0.5) is 10.2 Å². The van der Waals surface area contributed by atoms with Crippen molar-refractivity contribution in [3.63, 3.8) is 0 Å². The van der Waals surface area contributed by atoms with Crippen LogP contribution in [0.2, 0.25) is 0 Å². The van der Waals surface area contributed by atoms with Gasteiger partial charge in [0.25, 0.3) is 0 Å². The standard InChI is InChI=1S/C23H16FN5O/c24-18-9-6-15(7-10-18)13-25-22-23-28-26-14-29(23)20-12-17(8-11-19(20)27-22)21(30)16-4-2-1-3-5-16/h1-12,14H,13H2,(H,25,27).